The molecule has 4 bridgehead atoms. The van der Waals surface area contributed by atoms with Crippen LogP contribution in [0.25, 0.3) is 71.6 Å². The molecular formula is C62H48N2. The summed E-state index contributed by atoms with van der Waals surface area (Å²) in [6.45, 7) is 0. The van der Waals surface area contributed by atoms with E-state index in [1.807, 2.05) is 0 Å². The lowest BCUT2D eigenvalue weighted by atomic mass is 9.43. The standard InChI is InChI=1S/C62H48N2/c1-2-13-42(14-3-1)43-27-30-47(31-28-43)63(48-15-10-16-49(39-48)64-60-24-8-5-18-54(60)55-19-6-9-25-61(55)64)59-26-12-21-51-50(20-11-22-53(51)59)44-29-32-58-56(38-44)52-17-4-7-23-57(52)62(58)45-34-40-33-41(36-45)37-46(62)35-40/h1-32,38-41,45-46H,33-37H2. The number of aromatic nitrogens is 1. The van der Waals surface area contributed by atoms with Gasteiger partial charge < -0.3 is 9.47 Å². The third-order valence-electron chi connectivity index (χ3n) is 16.2. The van der Waals surface area contributed by atoms with Crippen LogP contribution in [0.3, 0.4) is 0 Å². The van der Waals surface area contributed by atoms with Gasteiger partial charge in [0.25, 0.3) is 0 Å². The van der Waals surface area contributed by atoms with E-state index in [0.717, 1.165) is 46.4 Å². The van der Waals surface area contributed by atoms with Crippen LogP contribution in [0.5, 0.6) is 0 Å². The Morgan fingerprint density at radius 2 is 0.953 bits per heavy atom. The van der Waals surface area contributed by atoms with Crippen molar-refractivity contribution < 1.29 is 0 Å². The molecule has 0 unspecified atom stereocenters. The van der Waals surface area contributed by atoms with Crippen molar-refractivity contribution in [3.63, 3.8) is 0 Å². The highest BCUT2D eigenvalue weighted by atomic mass is 15.1. The summed E-state index contributed by atoms with van der Waals surface area (Å²) in [4.78, 5) is 2.47. The lowest BCUT2D eigenvalue weighted by Crippen LogP contribution is -2.55. The van der Waals surface area contributed by atoms with Crippen LogP contribution in [0, 0.1) is 23.7 Å². The van der Waals surface area contributed by atoms with Crippen molar-refractivity contribution in [3.8, 4) is 39.1 Å². The molecule has 0 aliphatic heterocycles. The van der Waals surface area contributed by atoms with Crippen LogP contribution in [0.4, 0.5) is 17.1 Å². The number of anilines is 3. The lowest BCUT2D eigenvalue weighted by Gasteiger charge is -2.61. The zero-order chi connectivity index (χ0) is 41.9. The molecule has 1 aromatic heterocycles. The van der Waals surface area contributed by atoms with Crippen LogP contribution >= 0.6 is 0 Å². The summed E-state index contributed by atoms with van der Waals surface area (Å²) in [5.41, 5.74) is 18.3. The molecule has 2 nitrogen and oxygen atoms in total. The average molecular weight is 821 g/mol. The Hall–Kier alpha value is -7.16. The quantitative estimate of drug-likeness (QED) is 0.162. The molecule has 1 spiro atoms. The third-order valence-corrected chi connectivity index (χ3v) is 16.2. The topological polar surface area (TPSA) is 8.17 Å². The fourth-order valence-electron chi connectivity index (χ4n) is 13.9. The number of rotatable bonds is 6. The zero-order valence-electron chi connectivity index (χ0n) is 35.9. The van der Waals surface area contributed by atoms with E-state index in [0.29, 0.717) is 0 Å². The minimum absolute atomic E-state index is 0.175. The smallest absolute Gasteiger partial charge is 0.0541 e. The minimum atomic E-state index is 0.175. The molecular weight excluding hydrogens is 773 g/mol. The average Bonchev–Trinajstić information content (AvgIpc) is 3.84. The number of fused-ring (bicyclic) bond motifs is 7. The van der Waals surface area contributed by atoms with E-state index in [1.165, 1.54) is 98.1 Å². The molecule has 5 aliphatic carbocycles. The molecule has 1 heterocycles. The van der Waals surface area contributed by atoms with Gasteiger partial charge in [-0.3, -0.25) is 0 Å². The van der Waals surface area contributed by atoms with Gasteiger partial charge in [-0.2, -0.15) is 0 Å². The Balaban J connectivity index is 0.933. The van der Waals surface area contributed by atoms with Crippen molar-refractivity contribution >= 4 is 49.6 Å². The first kappa shape index (κ1) is 36.3. The summed E-state index contributed by atoms with van der Waals surface area (Å²) in [5, 5.41) is 5.02. The van der Waals surface area contributed by atoms with Crippen LogP contribution in [0.2, 0.25) is 0 Å². The van der Waals surface area contributed by atoms with Crippen molar-refractivity contribution in [1.82, 2.24) is 4.57 Å². The van der Waals surface area contributed by atoms with Gasteiger partial charge in [0.05, 0.1) is 16.7 Å². The van der Waals surface area contributed by atoms with Gasteiger partial charge in [0.1, 0.15) is 0 Å². The van der Waals surface area contributed by atoms with Crippen molar-refractivity contribution in [3.05, 3.63) is 217 Å². The summed E-state index contributed by atoms with van der Waals surface area (Å²) in [6.07, 6.45) is 7.09. The molecule has 0 radical (unpaired) electrons. The molecule has 0 amide bonds. The Morgan fingerprint density at radius 3 is 1.72 bits per heavy atom. The van der Waals surface area contributed by atoms with Gasteiger partial charge in [0.15, 0.2) is 0 Å². The van der Waals surface area contributed by atoms with E-state index < -0.39 is 0 Å². The fraction of sp³-hybridized carbons (Fsp3) is 0.161. The highest BCUT2D eigenvalue weighted by Crippen LogP contribution is 2.69. The van der Waals surface area contributed by atoms with Crippen molar-refractivity contribution in [1.29, 1.82) is 0 Å². The van der Waals surface area contributed by atoms with Crippen LogP contribution in [-0.2, 0) is 5.41 Å². The Kier molecular flexibility index (Phi) is 7.90. The maximum Gasteiger partial charge on any atom is 0.0541 e. The second-order valence-electron chi connectivity index (χ2n) is 19.3. The minimum Gasteiger partial charge on any atom is -0.310 e. The van der Waals surface area contributed by atoms with E-state index in [-0.39, 0.29) is 5.41 Å². The molecule has 4 fully saturated rings. The summed E-state index contributed by atoms with van der Waals surface area (Å²) >= 11 is 0. The molecule has 306 valence electrons. The number of hydrogen-bond acceptors (Lipinski definition) is 1. The van der Waals surface area contributed by atoms with Gasteiger partial charge in [-0.15, -0.1) is 0 Å². The van der Waals surface area contributed by atoms with Gasteiger partial charge in [0.2, 0.25) is 0 Å². The molecule has 15 rings (SSSR count). The lowest BCUT2D eigenvalue weighted by molar-refractivity contribution is -0.0399. The first-order valence-corrected chi connectivity index (χ1v) is 23.5. The van der Waals surface area contributed by atoms with E-state index in [4.69, 9.17) is 0 Å². The Bertz CT molecular complexity index is 3380. The molecule has 9 aromatic carbocycles. The molecule has 64 heavy (non-hydrogen) atoms. The SMILES string of the molecule is c1ccc(-c2ccc(N(c3cccc(-n4c5ccccc5c5ccccc54)c3)c3cccc4c(-c5ccc6c(c5)-c5ccccc5C65C6CC7CC(C6)CC5C7)cccc34)cc2)cc1. The molecule has 2 heteroatoms. The zero-order valence-corrected chi connectivity index (χ0v) is 35.9. The summed E-state index contributed by atoms with van der Waals surface area (Å²) in [5.74, 6) is 3.40. The number of nitrogens with zero attached hydrogens (tertiary/aromatic N) is 2. The molecule has 10 aromatic rings. The maximum absolute atomic E-state index is 2.57. The molecule has 0 saturated heterocycles. The largest absolute Gasteiger partial charge is 0.310 e. The van der Waals surface area contributed by atoms with Crippen molar-refractivity contribution in [2.24, 2.45) is 23.7 Å². The second-order valence-corrected chi connectivity index (χ2v) is 19.3. The number of hydrogen-bond donors (Lipinski definition) is 0. The monoisotopic (exact) mass is 820 g/mol. The first-order chi connectivity index (χ1) is 31.7. The molecule has 0 N–H and O–H groups in total. The van der Waals surface area contributed by atoms with Gasteiger partial charge >= 0.3 is 0 Å². The second kappa shape index (κ2) is 13.9. The highest BCUT2D eigenvalue weighted by Gasteiger charge is 2.61. The van der Waals surface area contributed by atoms with Crippen molar-refractivity contribution in [2.75, 3.05) is 4.90 Å². The van der Waals surface area contributed by atoms with Gasteiger partial charge in [-0.25, -0.2) is 0 Å². The van der Waals surface area contributed by atoms with Crippen molar-refractivity contribution in [2.45, 2.75) is 37.5 Å². The first-order valence-electron chi connectivity index (χ1n) is 23.5. The van der Waals surface area contributed by atoms with Gasteiger partial charge in [0, 0.05) is 38.6 Å². The maximum atomic E-state index is 2.57. The third kappa shape index (κ3) is 5.20. The highest BCUT2D eigenvalue weighted by molar-refractivity contribution is 6.10. The molecule has 4 saturated carbocycles. The predicted octanol–water partition coefficient (Wildman–Crippen LogP) is 16.5. The normalized spacial score (nSPS) is 21.5. The van der Waals surface area contributed by atoms with Crippen LogP contribution in [0.15, 0.2) is 206 Å². The number of benzene rings is 9. The molecule has 0 atom stereocenters. The van der Waals surface area contributed by atoms with Crippen LogP contribution in [0.1, 0.15) is 43.2 Å². The van der Waals surface area contributed by atoms with Crippen LogP contribution in [-0.4, -0.2) is 4.57 Å². The predicted molar refractivity (Wildman–Crippen MR) is 267 cm³/mol. The summed E-state index contributed by atoms with van der Waals surface area (Å²) in [7, 11) is 0. The van der Waals surface area contributed by atoms with E-state index in [9.17, 15) is 0 Å². The van der Waals surface area contributed by atoms with E-state index in [1.54, 1.807) is 11.1 Å². The van der Waals surface area contributed by atoms with Crippen LogP contribution < -0.4 is 4.90 Å². The fourth-order valence-corrected chi connectivity index (χ4v) is 13.9. The summed E-state index contributed by atoms with van der Waals surface area (Å²) < 4.78 is 2.42. The van der Waals surface area contributed by atoms with Gasteiger partial charge in [-0.1, -0.05) is 152 Å². The Morgan fingerprint density at radius 1 is 0.375 bits per heavy atom. The van der Waals surface area contributed by atoms with E-state index in [2.05, 4.69) is 216 Å². The molecule has 5 aliphatic rings. The summed E-state index contributed by atoms with van der Waals surface area (Å²) in [6, 6.07) is 77.4. The number of para-hydroxylation sites is 2. The Labute approximate surface area is 375 Å². The van der Waals surface area contributed by atoms with Gasteiger partial charge in [-0.05, 0) is 160 Å². The van der Waals surface area contributed by atoms with E-state index >= 15 is 0 Å².